The zero-order valence-corrected chi connectivity index (χ0v) is 22.4. The predicted octanol–water partition coefficient (Wildman–Crippen LogP) is 3.05. The van der Waals surface area contributed by atoms with Crippen LogP contribution in [0.15, 0.2) is 24.4 Å². The smallest absolute Gasteiger partial charge is 0.320 e. The number of anilines is 1. The number of rotatable bonds is 7. The number of alkyl halides is 1. The van der Waals surface area contributed by atoms with Gasteiger partial charge in [0.2, 0.25) is 0 Å². The first-order valence-corrected chi connectivity index (χ1v) is 13.2. The van der Waals surface area contributed by atoms with E-state index >= 15 is 4.39 Å². The maximum Gasteiger partial charge on any atom is 0.320 e. The molecule has 10 nitrogen and oxygen atoms in total. The summed E-state index contributed by atoms with van der Waals surface area (Å²) in [6, 6.07) is 6.40. The zero-order valence-electron chi connectivity index (χ0n) is 22.4. The SMILES string of the molecule is CCOC(=O)CN1CCC(c2cc3c(cnn3-c3cc(N4CCOC[C@@H]4C)nc(OC)n3)cc2C)C(F)C1. The first-order valence-electron chi connectivity index (χ1n) is 13.2. The average Bonchev–Trinajstić information content (AvgIpc) is 3.31. The van der Waals surface area contributed by atoms with Crippen LogP contribution in [0.2, 0.25) is 0 Å². The van der Waals surface area contributed by atoms with E-state index in [1.807, 2.05) is 24.0 Å². The fourth-order valence-electron chi connectivity index (χ4n) is 5.45. The molecular formula is C27H35FN6O4. The molecule has 11 heteroatoms. The molecule has 0 bridgehead atoms. The number of benzene rings is 1. The van der Waals surface area contributed by atoms with Gasteiger partial charge in [0.1, 0.15) is 12.0 Å². The Balaban J connectivity index is 1.46. The lowest BCUT2D eigenvalue weighted by molar-refractivity contribution is -0.145. The molecule has 4 heterocycles. The second kappa shape index (κ2) is 11.2. The van der Waals surface area contributed by atoms with Gasteiger partial charge in [0.15, 0.2) is 5.82 Å². The van der Waals surface area contributed by atoms with Crippen molar-refractivity contribution in [1.82, 2.24) is 24.6 Å². The van der Waals surface area contributed by atoms with Crippen molar-refractivity contribution in [2.24, 2.45) is 0 Å². The van der Waals surface area contributed by atoms with Crippen LogP contribution < -0.4 is 9.64 Å². The van der Waals surface area contributed by atoms with Crippen molar-refractivity contribution in [3.05, 3.63) is 35.5 Å². The van der Waals surface area contributed by atoms with Crippen LogP contribution in [0.25, 0.3) is 16.7 Å². The minimum absolute atomic E-state index is 0.116. The van der Waals surface area contributed by atoms with Gasteiger partial charge < -0.3 is 19.1 Å². The van der Waals surface area contributed by atoms with E-state index in [4.69, 9.17) is 14.2 Å². The summed E-state index contributed by atoms with van der Waals surface area (Å²) in [5.74, 6) is 0.740. The van der Waals surface area contributed by atoms with E-state index in [2.05, 4.69) is 33.0 Å². The van der Waals surface area contributed by atoms with E-state index in [0.717, 1.165) is 34.4 Å². The number of hydrogen-bond acceptors (Lipinski definition) is 9. The minimum Gasteiger partial charge on any atom is -0.467 e. The number of carbonyl (C=O) groups excluding carboxylic acids is 1. The standard InChI is InChI=1S/C27H35FN6O4/c1-5-38-26(35)15-32-7-6-20(22(28)14-32)21-11-23-19(10-17(21)2)13-29-34(23)25-12-24(30-27(31-25)36-4)33-8-9-37-16-18(33)3/h10-13,18,20,22H,5-9,14-16H2,1-4H3/t18-,20?,22?/m0/s1. The van der Waals surface area contributed by atoms with Crippen LogP contribution >= 0.6 is 0 Å². The van der Waals surface area contributed by atoms with Crippen LogP contribution in [0.5, 0.6) is 6.01 Å². The van der Waals surface area contributed by atoms with Crippen molar-refractivity contribution in [2.45, 2.75) is 45.3 Å². The lowest BCUT2D eigenvalue weighted by atomic mass is 9.85. The predicted molar refractivity (Wildman–Crippen MR) is 141 cm³/mol. The number of methoxy groups -OCH3 is 1. The zero-order chi connectivity index (χ0) is 26.8. The third-order valence-electron chi connectivity index (χ3n) is 7.38. The molecule has 3 atom stereocenters. The highest BCUT2D eigenvalue weighted by Crippen LogP contribution is 2.35. The molecule has 0 spiro atoms. The number of likely N-dealkylation sites (tertiary alicyclic amines) is 1. The number of ether oxygens (including phenoxy) is 3. The Morgan fingerprint density at radius 1 is 1.21 bits per heavy atom. The summed E-state index contributed by atoms with van der Waals surface area (Å²) in [4.78, 5) is 25.0. The molecule has 0 saturated carbocycles. The molecular weight excluding hydrogens is 491 g/mol. The summed E-state index contributed by atoms with van der Waals surface area (Å²) in [6.07, 6.45) is 1.31. The molecule has 0 amide bonds. The molecule has 2 fully saturated rings. The summed E-state index contributed by atoms with van der Waals surface area (Å²) in [7, 11) is 1.55. The Hall–Kier alpha value is -3.31. The number of nitrogens with zero attached hydrogens (tertiary/aromatic N) is 6. The second-order valence-electron chi connectivity index (χ2n) is 9.96. The van der Waals surface area contributed by atoms with Gasteiger partial charge in [-0.15, -0.1) is 0 Å². The van der Waals surface area contributed by atoms with Gasteiger partial charge in [-0.3, -0.25) is 9.69 Å². The van der Waals surface area contributed by atoms with Gasteiger partial charge in [-0.1, -0.05) is 0 Å². The van der Waals surface area contributed by atoms with Crippen LogP contribution in [0.4, 0.5) is 10.2 Å². The van der Waals surface area contributed by atoms with Crippen LogP contribution in [-0.4, -0.2) is 95.9 Å². The lowest BCUT2D eigenvalue weighted by Gasteiger charge is -2.35. The highest BCUT2D eigenvalue weighted by molar-refractivity contribution is 5.82. The molecule has 2 aliphatic heterocycles. The molecule has 5 rings (SSSR count). The molecule has 2 unspecified atom stereocenters. The van der Waals surface area contributed by atoms with Crippen molar-refractivity contribution >= 4 is 22.7 Å². The van der Waals surface area contributed by atoms with E-state index in [1.54, 1.807) is 24.9 Å². The van der Waals surface area contributed by atoms with Gasteiger partial charge >= 0.3 is 12.0 Å². The number of hydrogen-bond donors (Lipinski definition) is 0. The molecule has 0 aliphatic carbocycles. The van der Waals surface area contributed by atoms with Gasteiger partial charge in [0.25, 0.3) is 0 Å². The van der Waals surface area contributed by atoms with Gasteiger partial charge in [0, 0.05) is 30.5 Å². The maximum absolute atomic E-state index is 15.5. The van der Waals surface area contributed by atoms with E-state index in [1.165, 1.54) is 0 Å². The monoisotopic (exact) mass is 526 g/mol. The Labute approximate surface area is 221 Å². The number of esters is 1. The largest absolute Gasteiger partial charge is 0.467 e. The Morgan fingerprint density at radius 2 is 2.03 bits per heavy atom. The Morgan fingerprint density at radius 3 is 2.76 bits per heavy atom. The average molecular weight is 527 g/mol. The number of halogens is 1. The summed E-state index contributed by atoms with van der Waals surface area (Å²) in [5, 5.41) is 5.57. The fraction of sp³-hybridized carbons (Fsp3) is 0.556. The van der Waals surface area contributed by atoms with Gasteiger partial charge in [0.05, 0.1) is 51.2 Å². The van der Waals surface area contributed by atoms with Crippen LogP contribution in [0, 0.1) is 6.92 Å². The van der Waals surface area contributed by atoms with Gasteiger partial charge in [-0.05, 0) is 57.0 Å². The normalized spacial score (nSPS) is 22.6. The Bertz CT molecular complexity index is 1300. The number of carbonyl (C=O) groups is 1. The van der Waals surface area contributed by atoms with Gasteiger partial charge in [-0.25, -0.2) is 9.07 Å². The summed E-state index contributed by atoms with van der Waals surface area (Å²) in [6.45, 7) is 9.12. The van der Waals surface area contributed by atoms with Crippen LogP contribution in [0.3, 0.4) is 0 Å². The Kier molecular flexibility index (Phi) is 7.75. The summed E-state index contributed by atoms with van der Waals surface area (Å²) in [5.41, 5.74) is 2.81. The van der Waals surface area contributed by atoms with Crippen molar-refractivity contribution < 1.29 is 23.4 Å². The van der Waals surface area contributed by atoms with Crippen LogP contribution in [0.1, 0.15) is 37.3 Å². The van der Waals surface area contributed by atoms with Crippen LogP contribution in [-0.2, 0) is 14.3 Å². The van der Waals surface area contributed by atoms with Crippen molar-refractivity contribution in [3.63, 3.8) is 0 Å². The third kappa shape index (κ3) is 5.30. The minimum atomic E-state index is -1.10. The van der Waals surface area contributed by atoms with E-state index in [9.17, 15) is 4.79 Å². The summed E-state index contributed by atoms with van der Waals surface area (Å²) >= 11 is 0. The number of aromatic nitrogens is 4. The molecule has 1 aromatic carbocycles. The number of aryl methyl sites for hydroxylation is 1. The molecule has 3 aromatic rings. The number of fused-ring (bicyclic) bond motifs is 1. The quantitative estimate of drug-likeness (QED) is 0.431. The highest BCUT2D eigenvalue weighted by atomic mass is 19.1. The first kappa shape index (κ1) is 26.3. The topological polar surface area (TPSA) is 94.8 Å². The molecule has 204 valence electrons. The van der Waals surface area contributed by atoms with E-state index < -0.39 is 6.17 Å². The molecule has 2 aromatic heterocycles. The van der Waals surface area contributed by atoms with Crippen molar-refractivity contribution in [1.29, 1.82) is 0 Å². The lowest BCUT2D eigenvalue weighted by Crippen LogP contribution is -2.44. The molecule has 0 radical (unpaired) electrons. The molecule has 2 aliphatic rings. The van der Waals surface area contributed by atoms with Gasteiger partial charge in [-0.2, -0.15) is 15.1 Å². The molecule has 0 N–H and O–H groups in total. The highest BCUT2D eigenvalue weighted by Gasteiger charge is 2.33. The van der Waals surface area contributed by atoms with E-state index in [-0.39, 0.29) is 37.0 Å². The summed E-state index contributed by atoms with van der Waals surface area (Å²) < 4.78 is 33.3. The third-order valence-corrected chi connectivity index (χ3v) is 7.38. The van der Waals surface area contributed by atoms with Crippen molar-refractivity contribution in [3.8, 4) is 11.8 Å². The van der Waals surface area contributed by atoms with Crippen molar-refractivity contribution in [2.75, 3.05) is 58.0 Å². The first-order chi connectivity index (χ1) is 18.4. The molecule has 38 heavy (non-hydrogen) atoms. The number of morpholine rings is 1. The maximum atomic E-state index is 15.5. The fourth-order valence-corrected chi connectivity index (χ4v) is 5.45. The van der Waals surface area contributed by atoms with E-state index in [0.29, 0.717) is 38.6 Å². The second-order valence-corrected chi connectivity index (χ2v) is 9.96. The number of piperidine rings is 1. The molecule has 2 saturated heterocycles.